The van der Waals surface area contributed by atoms with Crippen LogP contribution in [0.5, 0.6) is 5.75 Å². The highest BCUT2D eigenvalue weighted by Crippen LogP contribution is 2.46. The Labute approximate surface area is 180 Å². The number of hydroxylamine groups is 2. The maximum atomic E-state index is 13.4. The number of hydrogen-bond acceptors (Lipinski definition) is 6. The number of hydrogen-bond donors (Lipinski definition) is 2. The van der Waals surface area contributed by atoms with Gasteiger partial charge in [0.2, 0.25) is 11.8 Å². The number of rotatable bonds is 5. The fraction of sp³-hybridized carbons (Fsp3) is 0.348. The van der Waals surface area contributed by atoms with Crippen molar-refractivity contribution in [1.29, 1.82) is 0 Å². The van der Waals surface area contributed by atoms with Gasteiger partial charge in [-0.25, -0.2) is 4.90 Å². The lowest BCUT2D eigenvalue weighted by atomic mass is 9.89. The number of carbonyl (C=O) groups is 3. The van der Waals surface area contributed by atoms with E-state index in [2.05, 4.69) is 0 Å². The molecule has 0 saturated carbocycles. The molecule has 4 rings (SSSR count). The Balaban J connectivity index is 1.75. The van der Waals surface area contributed by atoms with Crippen molar-refractivity contribution in [2.75, 3.05) is 11.4 Å². The second-order valence-corrected chi connectivity index (χ2v) is 8.07. The van der Waals surface area contributed by atoms with Crippen molar-refractivity contribution in [2.24, 2.45) is 11.7 Å². The van der Waals surface area contributed by atoms with E-state index >= 15 is 0 Å². The van der Waals surface area contributed by atoms with E-state index in [0.29, 0.717) is 22.4 Å². The summed E-state index contributed by atoms with van der Waals surface area (Å²) in [6.45, 7) is 5.27. The maximum Gasteiger partial charge on any atom is 0.265 e. The molecule has 3 amide bonds. The number of nitrogens with zero attached hydrogens (tertiary/aromatic N) is 2. The summed E-state index contributed by atoms with van der Waals surface area (Å²) in [6.07, 6.45) is -0.197. The second kappa shape index (κ2) is 7.79. The number of carbonyl (C=O) groups excluding carboxylic acids is 3. The molecule has 2 saturated heterocycles. The van der Waals surface area contributed by atoms with Gasteiger partial charge in [-0.05, 0) is 54.7 Å². The summed E-state index contributed by atoms with van der Waals surface area (Å²) in [5, 5.41) is 11.5. The SMILES string of the molecule is CCc1ccc(N2C(=O)C3ON(CC(N)=O)C(c4cc(C)c(O)c(C)c4)C3C2=O)cc1. The predicted octanol–water partition coefficient (Wildman–Crippen LogP) is 1.90. The molecule has 0 bridgehead atoms. The van der Waals surface area contributed by atoms with E-state index in [4.69, 9.17) is 10.6 Å². The lowest BCUT2D eigenvalue weighted by molar-refractivity contribution is -0.175. The molecule has 31 heavy (non-hydrogen) atoms. The lowest BCUT2D eigenvalue weighted by Crippen LogP contribution is -2.40. The van der Waals surface area contributed by atoms with E-state index in [1.165, 1.54) is 5.06 Å². The van der Waals surface area contributed by atoms with Crippen LogP contribution in [0, 0.1) is 19.8 Å². The zero-order chi connectivity index (χ0) is 22.4. The molecule has 8 nitrogen and oxygen atoms in total. The van der Waals surface area contributed by atoms with Crippen LogP contribution in [0.3, 0.4) is 0 Å². The Morgan fingerprint density at radius 2 is 1.71 bits per heavy atom. The summed E-state index contributed by atoms with van der Waals surface area (Å²) in [4.78, 5) is 45.2. The smallest absolute Gasteiger partial charge is 0.265 e. The van der Waals surface area contributed by atoms with Gasteiger partial charge in [0, 0.05) is 0 Å². The van der Waals surface area contributed by atoms with Crippen molar-refractivity contribution in [3.05, 3.63) is 58.7 Å². The second-order valence-electron chi connectivity index (χ2n) is 8.07. The topological polar surface area (TPSA) is 113 Å². The Morgan fingerprint density at radius 3 is 2.26 bits per heavy atom. The van der Waals surface area contributed by atoms with Crippen LogP contribution in [-0.4, -0.2) is 40.5 Å². The van der Waals surface area contributed by atoms with Crippen LogP contribution in [0.15, 0.2) is 36.4 Å². The van der Waals surface area contributed by atoms with Crippen LogP contribution in [0.4, 0.5) is 5.69 Å². The van der Waals surface area contributed by atoms with Gasteiger partial charge < -0.3 is 10.8 Å². The molecule has 2 aliphatic rings. The van der Waals surface area contributed by atoms with Gasteiger partial charge >= 0.3 is 0 Å². The molecule has 8 heteroatoms. The molecule has 162 valence electrons. The molecule has 3 unspecified atom stereocenters. The number of amides is 3. The molecule has 0 aliphatic carbocycles. The minimum absolute atomic E-state index is 0.159. The highest BCUT2D eigenvalue weighted by molar-refractivity contribution is 6.23. The number of primary amides is 1. The highest BCUT2D eigenvalue weighted by Gasteiger charge is 2.60. The largest absolute Gasteiger partial charge is 0.507 e. The van der Waals surface area contributed by atoms with Gasteiger partial charge in [0.25, 0.3) is 5.91 Å². The summed E-state index contributed by atoms with van der Waals surface area (Å²) in [5.41, 5.74) is 8.89. The zero-order valence-electron chi connectivity index (χ0n) is 17.7. The number of imide groups is 1. The van der Waals surface area contributed by atoms with Crippen LogP contribution in [0.25, 0.3) is 0 Å². The standard InChI is InChI=1S/C23H25N3O5/c1-4-14-5-7-16(8-6-14)26-22(29)18-19(15-9-12(2)20(28)13(3)10-15)25(11-17(24)27)31-21(18)23(26)30/h5-10,18-19,21,28H,4,11H2,1-3H3,(H2,24,27). The monoisotopic (exact) mass is 423 g/mol. The first-order valence-electron chi connectivity index (χ1n) is 10.2. The summed E-state index contributed by atoms with van der Waals surface area (Å²) in [5.74, 6) is -2.17. The Kier molecular flexibility index (Phi) is 5.28. The molecule has 2 aromatic carbocycles. The van der Waals surface area contributed by atoms with Gasteiger partial charge in [-0.1, -0.05) is 31.2 Å². The number of anilines is 1. The quantitative estimate of drug-likeness (QED) is 0.711. The number of aromatic hydroxyl groups is 1. The first kappa shape index (κ1) is 21.0. The number of aryl methyl sites for hydroxylation is 3. The minimum Gasteiger partial charge on any atom is -0.507 e. The fourth-order valence-electron chi connectivity index (χ4n) is 4.43. The van der Waals surface area contributed by atoms with Crippen LogP contribution in [-0.2, 0) is 25.6 Å². The number of phenolic OH excluding ortho intramolecular Hbond substituents is 1. The molecule has 3 atom stereocenters. The van der Waals surface area contributed by atoms with Gasteiger partial charge in [-0.2, -0.15) is 5.06 Å². The van der Waals surface area contributed by atoms with Crippen LogP contribution < -0.4 is 10.6 Å². The van der Waals surface area contributed by atoms with Gasteiger partial charge in [0.05, 0.1) is 17.6 Å². The van der Waals surface area contributed by atoms with Crippen molar-refractivity contribution in [3.8, 4) is 5.75 Å². The van der Waals surface area contributed by atoms with E-state index < -0.39 is 29.9 Å². The Bertz CT molecular complexity index is 1040. The van der Waals surface area contributed by atoms with Gasteiger partial charge in [0.1, 0.15) is 12.3 Å². The van der Waals surface area contributed by atoms with Crippen molar-refractivity contribution in [1.82, 2.24) is 5.06 Å². The summed E-state index contributed by atoms with van der Waals surface area (Å²) in [7, 11) is 0. The van der Waals surface area contributed by atoms with E-state index in [0.717, 1.165) is 16.9 Å². The van der Waals surface area contributed by atoms with E-state index in [9.17, 15) is 19.5 Å². The summed E-state index contributed by atoms with van der Waals surface area (Å²) >= 11 is 0. The molecule has 2 aliphatic heterocycles. The molecule has 2 fully saturated rings. The normalized spacial score (nSPS) is 23.5. The third kappa shape index (κ3) is 3.47. The average Bonchev–Trinajstić information content (AvgIpc) is 3.20. The summed E-state index contributed by atoms with van der Waals surface area (Å²) < 4.78 is 0. The first-order chi connectivity index (χ1) is 14.7. The highest BCUT2D eigenvalue weighted by atomic mass is 16.7. The van der Waals surface area contributed by atoms with Gasteiger partial charge in [-0.3, -0.25) is 19.2 Å². The average molecular weight is 423 g/mol. The lowest BCUT2D eigenvalue weighted by Gasteiger charge is -2.27. The molecular formula is C23H25N3O5. The van der Waals surface area contributed by atoms with Gasteiger partial charge in [-0.15, -0.1) is 0 Å². The molecule has 2 aromatic rings. The number of nitrogens with two attached hydrogens (primary N) is 1. The van der Waals surface area contributed by atoms with Gasteiger partial charge in [0.15, 0.2) is 6.10 Å². The Morgan fingerprint density at radius 1 is 1.10 bits per heavy atom. The third-order valence-electron chi connectivity index (χ3n) is 5.96. The van der Waals surface area contributed by atoms with Crippen LogP contribution >= 0.6 is 0 Å². The van der Waals surface area contributed by atoms with Crippen molar-refractivity contribution in [3.63, 3.8) is 0 Å². The molecule has 3 N–H and O–H groups in total. The van der Waals surface area contributed by atoms with Crippen molar-refractivity contribution < 1.29 is 24.3 Å². The molecule has 0 spiro atoms. The van der Waals surface area contributed by atoms with E-state index in [1.807, 2.05) is 19.1 Å². The predicted molar refractivity (Wildman–Crippen MR) is 113 cm³/mol. The van der Waals surface area contributed by atoms with Crippen molar-refractivity contribution in [2.45, 2.75) is 39.3 Å². The van der Waals surface area contributed by atoms with E-state index in [-0.39, 0.29) is 18.2 Å². The van der Waals surface area contributed by atoms with Crippen molar-refractivity contribution >= 4 is 23.4 Å². The molecular weight excluding hydrogens is 398 g/mol. The number of phenols is 1. The Hall–Kier alpha value is -3.23. The first-order valence-corrected chi connectivity index (χ1v) is 10.2. The van der Waals surface area contributed by atoms with E-state index in [1.54, 1.807) is 38.1 Å². The number of benzene rings is 2. The van der Waals surface area contributed by atoms with Crippen LogP contribution in [0.2, 0.25) is 0 Å². The zero-order valence-corrected chi connectivity index (χ0v) is 17.7. The molecule has 0 aromatic heterocycles. The summed E-state index contributed by atoms with van der Waals surface area (Å²) in [6, 6.07) is 10.1. The van der Waals surface area contributed by atoms with Crippen LogP contribution in [0.1, 0.15) is 35.2 Å². The molecule has 0 radical (unpaired) electrons. The molecule has 2 heterocycles. The minimum atomic E-state index is -1.04. The maximum absolute atomic E-state index is 13.4. The third-order valence-corrected chi connectivity index (χ3v) is 5.96. The number of fused-ring (bicyclic) bond motifs is 1. The fourth-order valence-corrected chi connectivity index (χ4v) is 4.43.